The van der Waals surface area contributed by atoms with Gasteiger partial charge in [0.15, 0.2) is 5.76 Å². The summed E-state index contributed by atoms with van der Waals surface area (Å²) in [7, 11) is 2.70. The second-order valence-corrected chi connectivity index (χ2v) is 8.34. The van der Waals surface area contributed by atoms with Gasteiger partial charge in [-0.2, -0.15) is 4.98 Å². The summed E-state index contributed by atoms with van der Waals surface area (Å²) in [4.78, 5) is 21.3. The van der Waals surface area contributed by atoms with Gasteiger partial charge in [0.2, 0.25) is 5.95 Å². The van der Waals surface area contributed by atoms with E-state index in [1.54, 1.807) is 12.2 Å². The minimum absolute atomic E-state index is 0.0152. The van der Waals surface area contributed by atoms with Crippen LogP contribution in [0.4, 0.5) is 11.8 Å². The van der Waals surface area contributed by atoms with Gasteiger partial charge in [-0.05, 0) is 37.1 Å². The standard InChI is InChI=1S/C25H27N5O4/c1-33-20-14-24(11-10-16-6-4-3-5-7-16,12-17-15-28-23(27)30-21(17)26)13-19(25(20,32)34-2)22(31)29-18-8-9-18/h3-7,13-15,18,32H,8-9,12H2,1-2H3,(H,29,31)(H4,26,27,28,30). The van der Waals surface area contributed by atoms with Gasteiger partial charge in [0.25, 0.3) is 11.7 Å². The van der Waals surface area contributed by atoms with Crippen molar-refractivity contribution >= 4 is 17.7 Å². The fourth-order valence-electron chi connectivity index (χ4n) is 3.79. The van der Waals surface area contributed by atoms with Crippen LogP contribution in [0.2, 0.25) is 0 Å². The molecule has 0 radical (unpaired) electrons. The Balaban J connectivity index is 1.88. The van der Waals surface area contributed by atoms with Crippen LogP contribution < -0.4 is 16.8 Å². The van der Waals surface area contributed by atoms with Gasteiger partial charge in [-0.1, -0.05) is 30.0 Å². The van der Waals surface area contributed by atoms with Crippen LogP contribution >= 0.6 is 0 Å². The van der Waals surface area contributed by atoms with Crippen molar-refractivity contribution in [3.05, 3.63) is 71.1 Å². The normalized spacial score (nSPS) is 23.7. The van der Waals surface area contributed by atoms with Crippen LogP contribution in [0.25, 0.3) is 0 Å². The molecule has 1 aromatic carbocycles. The molecule has 0 aliphatic heterocycles. The van der Waals surface area contributed by atoms with Crippen LogP contribution in [0.3, 0.4) is 0 Å². The molecule has 9 heteroatoms. The van der Waals surface area contributed by atoms with Crippen molar-refractivity contribution in [1.29, 1.82) is 0 Å². The average Bonchev–Trinajstić information content (AvgIpc) is 3.65. The SMILES string of the molecule is COC1=CC(C#Cc2ccccc2)(Cc2cnc(N)nc2N)C=C(C(=O)NC2CC2)C1(O)OC. The van der Waals surface area contributed by atoms with E-state index in [0.29, 0.717) is 5.56 Å². The number of rotatable bonds is 6. The Bertz CT molecular complexity index is 1210. The van der Waals surface area contributed by atoms with Crippen LogP contribution in [0.15, 0.2) is 60.0 Å². The molecule has 2 aliphatic carbocycles. The van der Waals surface area contributed by atoms with E-state index in [1.165, 1.54) is 20.4 Å². The molecule has 2 aliphatic rings. The summed E-state index contributed by atoms with van der Waals surface area (Å²) in [6.45, 7) is 0. The van der Waals surface area contributed by atoms with E-state index in [9.17, 15) is 9.90 Å². The Kier molecular flexibility index (Phi) is 6.28. The molecule has 0 bridgehead atoms. The van der Waals surface area contributed by atoms with Crippen LogP contribution in [0, 0.1) is 17.3 Å². The highest BCUT2D eigenvalue weighted by Crippen LogP contribution is 2.42. The quantitative estimate of drug-likeness (QED) is 0.372. The number of carbonyl (C=O) groups excluding carboxylic acids is 1. The lowest BCUT2D eigenvalue weighted by Gasteiger charge is -2.37. The lowest BCUT2D eigenvalue weighted by atomic mass is 9.74. The van der Waals surface area contributed by atoms with Gasteiger partial charge in [0.05, 0.1) is 18.1 Å². The first kappa shape index (κ1) is 23.3. The summed E-state index contributed by atoms with van der Waals surface area (Å²) >= 11 is 0. The molecule has 1 heterocycles. The van der Waals surface area contributed by atoms with Crippen molar-refractivity contribution in [2.24, 2.45) is 5.41 Å². The number of hydrogen-bond donors (Lipinski definition) is 4. The van der Waals surface area contributed by atoms with E-state index in [4.69, 9.17) is 20.9 Å². The Hall–Kier alpha value is -3.87. The molecular formula is C25H27N5O4. The van der Waals surface area contributed by atoms with E-state index >= 15 is 0 Å². The largest absolute Gasteiger partial charge is 0.495 e. The second-order valence-electron chi connectivity index (χ2n) is 8.34. The molecule has 2 aromatic rings. The van der Waals surface area contributed by atoms with Crippen LogP contribution in [0.5, 0.6) is 0 Å². The zero-order valence-electron chi connectivity index (χ0n) is 19.0. The van der Waals surface area contributed by atoms with Crippen molar-refractivity contribution in [2.75, 3.05) is 25.7 Å². The van der Waals surface area contributed by atoms with Crippen molar-refractivity contribution in [3.8, 4) is 11.8 Å². The first-order valence-corrected chi connectivity index (χ1v) is 10.8. The number of aromatic nitrogens is 2. The molecule has 34 heavy (non-hydrogen) atoms. The monoisotopic (exact) mass is 461 g/mol. The van der Waals surface area contributed by atoms with Gasteiger partial charge >= 0.3 is 0 Å². The van der Waals surface area contributed by atoms with Gasteiger partial charge in [0.1, 0.15) is 5.82 Å². The molecule has 1 fully saturated rings. The molecule has 6 N–H and O–H groups in total. The predicted octanol–water partition coefficient (Wildman–Crippen LogP) is 1.31. The van der Waals surface area contributed by atoms with Crippen LogP contribution in [-0.4, -0.2) is 47.0 Å². The van der Waals surface area contributed by atoms with Crippen molar-refractivity contribution in [2.45, 2.75) is 31.1 Å². The number of benzene rings is 1. The molecule has 176 valence electrons. The number of ether oxygens (including phenoxy) is 2. The van der Waals surface area contributed by atoms with E-state index < -0.39 is 17.1 Å². The van der Waals surface area contributed by atoms with Crippen molar-refractivity contribution in [3.63, 3.8) is 0 Å². The molecule has 9 nitrogen and oxygen atoms in total. The summed E-state index contributed by atoms with van der Waals surface area (Å²) < 4.78 is 10.9. The number of carbonyl (C=O) groups is 1. The van der Waals surface area contributed by atoms with Crippen LogP contribution in [0.1, 0.15) is 24.0 Å². The lowest BCUT2D eigenvalue weighted by Crippen LogP contribution is -2.47. The maximum absolute atomic E-state index is 13.2. The number of nitrogens with one attached hydrogen (secondary N) is 1. The number of methoxy groups -OCH3 is 2. The van der Waals surface area contributed by atoms with E-state index in [2.05, 4.69) is 27.1 Å². The van der Waals surface area contributed by atoms with Crippen molar-refractivity contribution in [1.82, 2.24) is 15.3 Å². The molecule has 2 unspecified atom stereocenters. The highest BCUT2D eigenvalue weighted by Gasteiger charge is 2.49. The summed E-state index contributed by atoms with van der Waals surface area (Å²) in [5.74, 6) is 4.16. The van der Waals surface area contributed by atoms with Gasteiger partial charge in [-0.15, -0.1) is 0 Å². The number of amides is 1. The fraction of sp³-hybridized carbons (Fsp3) is 0.320. The summed E-state index contributed by atoms with van der Waals surface area (Å²) in [6.07, 6.45) is 6.73. The zero-order valence-corrected chi connectivity index (χ0v) is 19.0. The first-order chi connectivity index (χ1) is 16.3. The van der Waals surface area contributed by atoms with E-state index in [1.807, 2.05) is 30.3 Å². The Morgan fingerprint density at radius 3 is 2.59 bits per heavy atom. The first-order valence-electron chi connectivity index (χ1n) is 10.8. The van der Waals surface area contributed by atoms with Gasteiger partial charge in [-0.3, -0.25) is 4.79 Å². The number of nitrogen functional groups attached to an aromatic ring is 2. The molecule has 1 aromatic heterocycles. The second kappa shape index (κ2) is 9.17. The third-order valence-corrected chi connectivity index (χ3v) is 5.78. The molecule has 1 saturated carbocycles. The molecule has 2 atom stereocenters. The Morgan fingerprint density at radius 1 is 1.24 bits per heavy atom. The minimum atomic E-state index is -2.07. The number of aliphatic hydroxyl groups is 1. The molecular weight excluding hydrogens is 434 g/mol. The Morgan fingerprint density at radius 2 is 1.97 bits per heavy atom. The fourth-order valence-corrected chi connectivity index (χ4v) is 3.79. The molecule has 1 amide bonds. The zero-order chi connectivity index (χ0) is 24.3. The highest BCUT2D eigenvalue weighted by atomic mass is 16.6. The smallest absolute Gasteiger partial charge is 0.257 e. The molecule has 0 saturated heterocycles. The maximum Gasteiger partial charge on any atom is 0.257 e. The van der Waals surface area contributed by atoms with Gasteiger partial charge in [0, 0.05) is 36.9 Å². The lowest BCUT2D eigenvalue weighted by molar-refractivity contribution is -0.161. The highest BCUT2D eigenvalue weighted by molar-refractivity contribution is 5.97. The van der Waals surface area contributed by atoms with Gasteiger partial charge in [-0.25, -0.2) is 4.98 Å². The third-order valence-electron chi connectivity index (χ3n) is 5.78. The average molecular weight is 462 g/mol. The van der Waals surface area contributed by atoms with E-state index in [0.717, 1.165) is 18.4 Å². The Labute approximate surface area is 197 Å². The number of hydrogen-bond acceptors (Lipinski definition) is 8. The number of nitrogens with two attached hydrogens (primary N) is 2. The number of allylic oxidation sites excluding steroid dienone is 2. The molecule has 4 rings (SSSR count). The predicted molar refractivity (Wildman–Crippen MR) is 127 cm³/mol. The van der Waals surface area contributed by atoms with Gasteiger partial charge < -0.3 is 31.4 Å². The number of anilines is 2. The minimum Gasteiger partial charge on any atom is -0.495 e. The number of nitrogens with zero attached hydrogens (tertiary/aromatic N) is 2. The summed E-state index contributed by atoms with van der Waals surface area (Å²) in [6, 6.07) is 9.48. The summed E-state index contributed by atoms with van der Waals surface area (Å²) in [5.41, 5.74) is 12.0. The van der Waals surface area contributed by atoms with Crippen molar-refractivity contribution < 1.29 is 19.4 Å². The maximum atomic E-state index is 13.2. The van der Waals surface area contributed by atoms with E-state index in [-0.39, 0.29) is 35.6 Å². The molecule has 0 spiro atoms. The topological polar surface area (TPSA) is 146 Å². The summed E-state index contributed by atoms with van der Waals surface area (Å²) in [5, 5.41) is 14.2. The van der Waals surface area contributed by atoms with Crippen LogP contribution in [-0.2, 0) is 20.7 Å². The third kappa shape index (κ3) is 4.73.